The summed E-state index contributed by atoms with van der Waals surface area (Å²) in [5.74, 6) is -1.72. The van der Waals surface area contributed by atoms with Crippen LogP contribution in [0.15, 0.2) is 12.2 Å². The largest absolute Gasteiger partial charge is 0.393 e. The number of rotatable bonds is 48. The van der Waals surface area contributed by atoms with Gasteiger partial charge >= 0.3 is 23.9 Å². The fourth-order valence-electron chi connectivity index (χ4n) is 8.61. The second-order valence-electron chi connectivity index (χ2n) is 21.5. The molecule has 0 fully saturated rings. The number of allylic oxidation sites excluding steroid dienone is 1. The first-order valence-corrected chi connectivity index (χ1v) is 31.8. The number of hydrogen-bond acceptors (Lipinski definition) is 15. The lowest BCUT2D eigenvalue weighted by Crippen LogP contribution is -2.40. The normalized spacial score (nSPS) is 13.6. The van der Waals surface area contributed by atoms with Gasteiger partial charge in [-0.1, -0.05) is 208 Å². The summed E-state index contributed by atoms with van der Waals surface area (Å²) in [6, 6.07) is 0. The van der Waals surface area contributed by atoms with Crippen LogP contribution in [0.1, 0.15) is 314 Å². The molecule has 6 atom stereocenters. The highest BCUT2D eigenvalue weighted by Crippen LogP contribution is 2.15. The van der Waals surface area contributed by atoms with Gasteiger partial charge in [-0.2, -0.15) is 0 Å². The van der Waals surface area contributed by atoms with E-state index in [1.165, 1.54) is 102 Å². The summed E-state index contributed by atoms with van der Waals surface area (Å²) in [5, 5.41) is 55.1. The lowest BCUT2D eigenvalue weighted by atomic mass is 10.1. The van der Waals surface area contributed by atoms with E-state index in [-0.39, 0.29) is 11.9 Å². The highest BCUT2D eigenvalue weighted by atomic mass is 16.6. The summed E-state index contributed by atoms with van der Waals surface area (Å²) in [7, 11) is 0. The average Bonchev–Trinajstić information content (AvgIpc) is 3.37. The van der Waals surface area contributed by atoms with E-state index in [2.05, 4.69) is 34.6 Å². The second-order valence-corrected chi connectivity index (χ2v) is 21.5. The van der Waals surface area contributed by atoms with Crippen molar-refractivity contribution in [2.45, 2.75) is 351 Å². The molecule has 78 heavy (non-hydrogen) atoms. The Bertz CT molecular complexity index is 1250. The molecule has 0 aliphatic carbocycles. The number of unbranched alkanes of at least 4 members (excludes halogenated alkanes) is 28. The number of aliphatic hydroxyl groups excluding tert-OH is 6. The Balaban J connectivity index is -0.000000659. The molecular weight excluding hydrogens is 991 g/mol. The minimum atomic E-state index is -0.554. The molecule has 0 spiro atoms. The summed E-state index contributed by atoms with van der Waals surface area (Å²) >= 11 is 0. The summed E-state index contributed by atoms with van der Waals surface area (Å²) in [6.07, 6.45) is 39.1. The molecular formula is C63H127N3O12. The molecule has 0 saturated carbocycles. The van der Waals surface area contributed by atoms with Crippen molar-refractivity contribution in [3.05, 3.63) is 12.2 Å². The van der Waals surface area contributed by atoms with Crippen LogP contribution in [0.4, 0.5) is 0 Å². The van der Waals surface area contributed by atoms with E-state index >= 15 is 0 Å². The van der Waals surface area contributed by atoms with Crippen LogP contribution in [-0.4, -0.2) is 126 Å². The van der Waals surface area contributed by atoms with Gasteiger partial charge < -0.3 is 40.1 Å². The molecule has 0 aliphatic heterocycles. The molecule has 0 rings (SSSR count). The average molecular weight is 1120 g/mol. The zero-order valence-electron chi connectivity index (χ0n) is 52.4. The van der Waals surface area contributed by atoms with Crippen molar-refractivity contribution >= 4 is 23.9 Å². The van der Waals surface area contributed by atoms with Gasteiger partial charge in [0.1, 0.15) is 37.4 Å². The topological polar surface area (TPSA) is 218 Å². The first-order chi connectivity index (χ1) is 37.3. The van der Waals surface area contributed by atoms with Crippen LogP contribution in [0.5, 0.6) is 0 Å². The summed E-state index contributed by atoms with van der Waals surface area (Å²) in [6.45, 7) is 23.0. The van der Waals surface area contributed by atoms with Crippen LogP contribution >= 0.6 is 0 Å². The molecule has 0 aromatic rings. The van der Waals surface area contributed by atoms with E-state index in [1.54, 1.807) is 56.2 Å². The number of esters is 4. The number of carbonyl (C=O) groups excluding carboxylic acids is 4. The van der Waals surface area contributed by atoms with E-state index in [0.29, 0.717) is 19.3 Å². The Hall–Kier alpha value is -2.34. The Labute approximate surface area is 479 Å². The smallest absolute Gasteiger partial charge is 0.338 e. The Kier molecular flexibility index (Phi) is 65.6. The van der Waals surface area contributed by atoms with Crippen molar-refractivity contribution in [3.8, 4) is 0 Å². The van der Waals surface area contributed by atoms with Crippen LogP contribution in [-0.2, 0) is 28.7 Å². The Morgan fingerprint density at radius 2 is 0.538 bits per heavy atom. The van der Waals surface area contributed by atoms with Crippen molar-refractivity contribution in [3.63, 3.8) is 0 Å². The number of ether oxygens (including phenoxy) is 2. The van der Waals surface area contributed by atoms with E-state index in [9.17, 15) is 49.8 Å². The molecule has 0 heterocycles. The molecule has 0 aliphatic rings. The molecule has 15 nitrogen and oxygen atoms in total. The highest BCUT2D eigenvalue weighted by Gasteiger charge is 2.17. The number of nitrogens with zero attached hydrogens (tertiary/aromatic N) is 3. The highest BCUT2D eigenvalue weighted by molar-refractivity contribution is 5.92. The van der Waals surface area contributed by atoms with Gasteiger partial charge in [0.2, 0.25) is 0 Å². The van der Waals surface area contributed by atoms with Gasteiger partial charge in [-0.05, 0) is 92.9 Å². The predicted octanol–water partition coefficient (Wildman–Crippen LogP) is 14.1. The third kappa shape index (κ3) is 61.3. The van der Waals surface area contributed by atoms with Crippen LogP contribution in [0.2, 0.25) is 0 Å². The maximum Gasteiger partial charge on any atom is 0.338 e. The zero-order valence-corrected chi connectivity index (χ0v) is 52.4. The standard InChI is InChI=1S/C39H70O6.3C8H19NO2/c1-3-5-7-9-11-13-17-21-25-29-33-37(41)45-39(43)35-31-27-23-19-15-14-18-22-26-30-34-38(42)44-36(40)32-28-24-20-16-12-10-8-6-4-2;3*1-4-5-6-9(7(2)10)8(3)11/h29,33H,3-28,30-32,34-35H2,1-2H3;3*7-8,10-11H,4-6H2,1-3H3. The van der Waals surface area contributed by atoms with Gasteiger partial charge in [-0.25, -0.2) is 4.79 Å². The summed E-state index contributed by atoms with van der Waals surface area (Å²) in [4.78, 5) is 52.4. The van der Waals surface area contributed by atoms with Crippen molar-refractivity contribution in [1.29, 1.82) is 0 Å². The predicted molar refractivity (Wildman–Crippen MR) is 321 cm³/mol. The van der Waals surface area contributed by atoms with Gasteiger partial charge in [0, 0.05) is 45.0 Å². The SMILES string of the molecule is CCCCCCCCCCC=CC(=O)OC(=O)CCCCCCCCCCCCC(=O)OC(=O)CCCCCCCCCCC.CCCCN(C(C)O)C(C)O.CCCCN(C(C)O)C(C)O.CCCCN(C(C)O)C(C)O. The second kappa shape index (κ2) is 62.3. The van der Waals surface area contributed by atoms with E-state index < -0.39 is 49.3 Å². The van der Waals surface area contributed by atoms with Crippen molar-refractivity contribution in [2.75, 3.05) is 19.6 Å². The monoisotopic (exact) mass is 1120 g/mol. The molecule has 0 aromatic heterocycles. The number of carbonyl (C=O) groups is 4. The van der Waals surface area contributed by atoms with Crippen molar-refractivity contribution < 1.29 is 59.3 Å². The zero-order chi connectivity index (χ0) is 59.6. The quantitative estimate of drug-likeness (QED) is 0.0110. The Morgan fingerprint density at radius 3 is 0.782 bits per heavy atom. The van der Waals surface area contributed by atoms with Crippen molar-refractivity contribution in [2.24, 2.45) is 0 Å². The van der Waals surface area contributed by atoms with E-state index in [0.717, 1.165) is 142 Å². The number of aliphatic hydroxyl groups is 6. The lowest BCUT2D eigenvalue weighted by molar-refractivity contribution is -0.160. The minimum absolute atomic E-state index is 0.297. The fourth-order valence-corrected chi connectivity index (χ4v) is 8.61. The molecule has 0 radical (unpaired) electrons. The van der Waals surface area contributed by atoms with Crippen LogP contribution in [0, 0.1) is 0 Å². The first kappa shape index (κ1) is 82.1. The fraction of sp³-hybridized carbons (Fsp3) is 0.905. The molecule has 15 heteroatoms. The first-order valence-electron chi connectivity index (χ1n) is 31.8. The molecule has 466 valence electrons. The molecule has 0 aromatic carbocycles. The van der Waals surface area contributed by atoms with Gasteiger partial charge in [-0.15, -0.1) is 0 Å². The Morgan fingerprint density at radius 1 is 0.321 bits per heavy atom. The minimum Gasteiger partial charge on any atom is -0.393 e. The molecule has 0 amide bonds. The number of hydrogen-bond donors (Lipinski definition) is 6. The van der Waals surface area contributed by atoms with Crippen molar-refractivity contribution in [1.82, 2.24) is 14.7 Å². The molecule has 0 bridgehead atoms. The van der Waals surface area contributed by atoms with Crippen LogP contribution in [0.25, 0.3) is 0 Å². The van der Waals surface area contributed by atoms with E-state index in [1.807, 2.05) is 6.08 Å². The third-order valence-corrected chi connectivity index (χ3v) is 13.6. The molecule has 6 unspecified atom stereocenters. The van der Waals surface area contributed by atoms with Gasteiger partial charge in [0.15, 0.2) is 0 Å². The van der Waals surface area contributed by atoms with Gasteiger partial charge in [-0.3, -0.25) is 29.1 Å². The molecule has 0 saturated heterocycles. The van der Waals surface area contributed by atoms with Gasteiger partial charge in [0.05, 0.1) is 0 Å². The molecule has 6 N–H and O–H groups in total. The lowest BCUT2D eigenvalue weighted by Gasteiger charge is -2.27. The summed E-state index contributed by atoms with van der Waals surface area (Å²) < 4.78 is 9.85. The third-order valence-electron chi connectivity index (χ3n) is 13.6. The van der Waals surface area contributed by atoms with Crippen LogP contribution in [0.3, 0.4) is 0 Å². The summed E-state index contributed by atoms with van der Waals surface area (Å²) in [5.41, 5.74) is 0. The maximum absolute atomic E-state index is 11.9. The van der Waals surface area contributed by atoms with Crippen LogP contribution < -0.4 is 0 Å². The van der Waals surface area contributed by atoms with Gasteiger partial charge in [0.25, 0.3) is 0 Å². The maximum atomic E-state index is 11.9. The van der Waals surface area contributed by atoms with E-state index in [4.69, 9.17) is 9.47 Å².